The van der Waals surface area contributed by atoms with E-state index in [1.807, 2.05) is 0 Å². The molecule has 0 amide bonds. The third-order valence-electron chi connectivity index (χ3n) is 3.79. The number of hydrogen-bond acceptors (Lipinski definition) is 6. The Kier molecular flexibility index (Phi) is 4.84. The van der Waals surface area contributed by atoms with Gasteiger partial charge < -0.3 is 5.73 Å². The van der Waals surface area contributed by atoms with Crippen LogP contribution in [0, 0.1) is 22.0 Å². The molecule has 0 spiro atoms. The van der Waals surface area contributed by atoms with Crippen LogP contribution in [0.25, 0.3) is 0 Å². The van der Waals surface area contributed by atoms with Gasteiger partial charge in [0.15, 0.2) is 5.00 Å². The fourth-order valence-electron chi connectivity index (χ4n) is 2.69. The Morgan fingerprint density at radius 3 is 2.81 bits per heavy atom. The standard InChI is InChI=1S/C12H19N3O4S2/c1-8-3-2-4-9(5-8)7-14-21(18,19)11-6-10(15(16)17)12(13)20-11/h6,8-9,14H,2-5,7,13H2,1H3. The summed E-state index contributed by atoms with van der Waals surface area (Å²) in [4.78, 5) is 10.0. The molecule has 0 saturated heterocycles. The minimum Gasteiger partial charge on any atom is -0.385 e. The van der Waals surface area contributed by atoms with E-state index < -0.39 is 14.9 Å². The fourth-order valence-corrected chi connectivity index (χ4v) is 5.07. The van der Waals surface area contributed by atoms with Crippen LogP contribution in [0.4, 0.5) is 10.7 Å². The fraction of sp³-hybridized carbons (Fsp3) is 0.667. The van der Waals surface area contributed by atoms with Crippen molar-refractivity contribution < 1.29 is 13.3 Å². The number of rotatable bonds is 5. The van der Waals surface area contributed by atoms with Gasteiger partial charge in [0.25, 0.3) is 0 Å². The molecular weight excluding hydrogens is 314 g/mol. The first-order valence-corrected chi connectivity index (χ1v) is 9.13. The van der Waals surface area contributed by atoms with E-state index >= 15 is 0 Å². The third-order valence-corrected chi connectivity index (χ3v) is 6.64. The summed E-state index contributed by atoms with van der Waals surface area (Å²) in [5, 5.41) is 10.6. The highest BCUT2D eigenvalue weighted by Crippen LogP contribution is 2.34. The van der Waals surface area contributed by atoms with Crippen LogP contribution >= 0.6 is 11.3 Å². The van der Waals surface area contributed by atoms with Crippen molar-refractivity contribution in [3.8, 4) is 0 Å². The van der Waals surface area contributed by atoms with Gasteiger partial charge in [-0.3, -0.25) is 10.1 Å². The van der Waals surface area contributed by atoms with Crippen LogP contribution in [-0.2, 0) is 10.0 Å². The summed E-state index contributed by atoms with van der Waals surface area (Å²) in [6.07, 6.45) is 4.33. The van der Waals surface area contributed by atoms with Gasteiger partial charge in [0.2, 0.25) is 10.0 Å². The number of sulfonamides is 1. The summed E-state index contributed by atoms with van der Waals surface area (Å²) in [6, 6.07) is 1.02. The summed E-state index contributed by atoms with van der Waals surface area (Å²) < 4.78 is 26.8. The van der Waals surface area contributed by atoms with Gasteiger partial charge in [-0.15, -0.1) is 0 Å². The highest BCUT2D eigenvalue weighted by Gasteiger charge is 2.26. The van der Waals surface area contributed by atoms with Crippen molar-refractivity contribution in [3.05, 3.63) is 16.2 Å². The van der Waals surface area contributed by atoms with Crippen LogP contribution in [0.3, 0.4) is 0 Å². The largest absolute Gasteiger partial charge is 0.385 e. The lowest BCUT2D eigenvalue weighted by Gasteiger charge is -2.26. The molecule has 1 fully saturated rings. The topological polar surface area (TPSA) is 115 Å². The molecule has 2 rings (SSSR count). The predicted octanol–water partition coefficient (Wildman–Crippen LogP) is 2.34. The minimum atomic E-state index is -3.73. The average Bonchev–Trinajstić information content (AvgIpc) is 2.80. The second kappa shape index (κ2) is 6.29. The van der Waals surface area contributed by atoms with E-state index in [2.05, 4.69) is 11.6 Å². The number of thiophene rings is 1. The molecule has 1 aromatic heterocycles. The Morgan fingerprint density at radius 1 is 1.52 bits per heavy atom. The molecule has 1 aromatic rings. The number of nitro groups is 1. The van der Waals surface area contributed by atoms with Crippen LogP contribution in [0.2, 0.25) is 0 Å². The first-order valence-electron chi connectivity index (χ1n) is 6.83. The maximum absolute atomic E-state index is 12.2. The van der Waals surface area contributed by atoms with Crippen LogP contribution < -0.4 is 10.5 Å². The first kappa shape index (κ1) is 16.2. The maximum Gasteiger partial charge on any atom is 0.304 e. The molecule has 1 saturated carbocycles. The van der Waals surface area contributed by atoms with Gasteiger partial charge in [0.05, 0.1) is 4.92 Å². The van der Waals surface area contributed by atoms with Gasteiger partial charge in [-0.2, -0.15) is 0 Å². The van der Waals surface area contributed by atoms with Crippen molar-refractivity contribution in [2.45, 2.75) is 36.8 Å². The smallest absolute Gasteiger partial charge is 0.304 e. The summed E-state index contributed by atoms with van der Waals surface area (Å²) in [6.45, 7) is 2.54. The lowest BCUT2D eigenvalue weighted by molar-refractivity contribution is -0.383. The second-order valence-corrected chi connectivity index (χ2v) is 8.64. The van der Waals surface area contributed by atoms with Crippen molar-refractivity contribution >= 4 is 32.0 Å². The molecular formula is C12H19N3O4S2. The maximum atomic E-state index is 12.2. The number of hydrogen-bond donors (Lipinski definition) is 2. The van der Waals surface area contributed by atoms with Crippen molar-refractivity contribution in [1.82, 2.24) is 4.72 Å². The molecule has 2 atom stereocenters. The van der Waals surface area contributed by atoms with Crippen molar-refractivity contribution in [1.29, 1.82) is 0 Å². The second-order valence-electron chi connectivity index (χ2n) is 5.56. The molecule has 118 valence electrons. The molecule has 2 unspecified atom stereocenters. The van der Waals surface area contributed by atoms with Gasteiger partial charge in [0.1, 0.15) is 4.21 Å². The number of nitrogen functional groups attached to an aromatic ring is 1. The van der Waals surface area contributed by atoms with E-state index in [1.54, 1.807) is 0 Å². The Bertz CT molecular complexity index is 626. The van der Waals surface area contributed by atoms with E-state index in [-0.39, 0.29) is 14.9 Å². The molecule has 0 aliphatic heterocycles. The molecule has 1 aliphatic carbocycles. The molecule has 0 bridgehead atoms. The van der Waals surface area contributed by atoms with Crippen LogP contribution in [-0.4, -0.2) is 19.9 Å². The third kappa shape index (κ3) is 3.92. The number of nitrogens with one attached hydrogen (secondary N) is 1. The molecule has 1 heterocycles. The first-order chi connectivity index (χ1) is 9.79. The average molecular weight is 333 g/mol. The number of nitrogens with two attached hydrogens (primary N) is 1. The van der Waals surface area contributed by atoms with Crippen LogP contribution in [0.5, 0.6) is 0 Å². The zero-order chi connectivity index (χ0) is 15.6. The SMILES string of the molecule is CC1CCCC(CNS(=O)(=O)c2cc([N+](=O)[O-])c(N)s2)C1. The van der Waals surface area contributed by atoms with E-state index in [0.717, 1.165) is 36.7 Å². The lowest BCUT2D eigenvalue weighted by atomic mass is 9.83. The summed E-state index contributed by atoms with van der Waals surface area (Å²) in [7, 11) is -3.73. The summed E-state index contributed by atoms with van der Waals surface area (Å²) >= 11 is 0.722. The minimum absolute atomic E-state index is 0.0911. The van der Waals surface area contributed by atoms with Gasteiger partial charge >= 0.3 is 5.69 Å². The normalized spacial score (nSPS) is 23.1. The Hall–Kier alpha value is -1.19. The molecule has 21 heavy (non-hydrogen) atoms. The Labute approximate surface area is 127 Å². The van der Waals surface area contributed by atoms with Crippen molar-refractivity contribution in [2.75, 3.05) is 12.3 Å². The summed E-state index contributed by atoms with van der Waals surface area (Å²) in [5.74, 6) is 0.947. The van der Waals surface area contributed by atoms with E-state index in [4.69, 9.17) is 5.73 Å². The van der Waals surface area contributed by atoms with E-state index in [0.29, 0.717) is 18.4 Å². The van der Waals surface area contributed by atoms with Gasteiger partial charge in [-0.1, -0.05) is 31.1 Å². The van der Waals surface area contributed by atoms with E-state index in [1.165, 1.54) is 6.42 Å². The number of anilines is 1. The molecule has 0 aromatic carbocycles. The molecule has 7 nitrogen and oxygen atoms in total. The molecule has 0 radical (unpaired) electrons. The quantitative estimate of drug-likeness (QED) is 0.634. The zero-order valence-electron chi connectivity index (χ0n) is 11.7. The highest BCUT2D eigenvalue weighted by atomic mass is 32.2. The van der Waals surface area contributed by atoms with Crippen LogP contribution in [0.1, 0.15) is 32.6 Å². The predicted molar refractivity (Wildman–Crippen MR) is 81.7 cm³/mol. The van der Waals surface area contributed by atoms with E-state index in [9.17, 15) is 18.5 Å². The van der Waals surface area contributed by atoms with Crippen molar-refractivity contribution in [2.24, 2.45) is 11.8 Å². The summed E-state index contributed by atoms with van der Waals surface area (Å²) in [5.41, 5.74) is 5.13. The van der Waals surface area contributed by atoms with Gasteiger partial charge in [0, 0.05) is 12.6 Å². The lowest BCUT2D eigenvalue weighted by Crippen LogP contribution is -2.31. The molecule has 1 aliphatic rings. The molecule has 9 heteroatoms. The molecule has 3 N–H and O–H groups in total. The highest BCUT2D eigenvalue weighted by molar-refractivity contribution is 7.91. The monoisotopic (exact) mass is 333 g/mol. The van der Waals surface area contributed by atoms with Crippen molar-refractivity contribution in [3.63, 3.8) is 0 Å². The zero-order valence-corrected chi connectivity index (χ0v) is 13.4. The van der Waals surface area contributed by atoms with Gasteiger partial charge in [-0.05, 0) is 24.7 Å². The Morgan fingerprint density at radius 2 is 2.24 bits per heavy atom. The van der Waals surface area contributed by atoms with Gasteiger partial charge in [-0.25, -0.2) is 13.1 Å². The Balaban J connectivity index is 2.04. The number of nitrogens with zero attached hydrogens (tertiary/aromatic N) is 1. The van der Waals surface area contributed by atoms with Crippen LogP contribution in [0.15, 0.2) is 10.3 Å².